The van der Waals surface area contributed by atoms with E-state index in [2.05, 4.69) is 84.9 Å². The maximum absolute atomic E-state index is 12.4. The van der Waals surface area contributed by atoms with Crippen LogP contribution in [0.2, 0.25) is 0 Å². The third kappa shape index (κ3) is 4.42. The van der Waals surface area contributed by atoms with Gasteiger partial charge in [0.15, 0.2) is 0 Å². The molecule has 1 heterocycles. The summed E-state index contributed by atoms with van der Waals surface area (Å²) >= 11 is 2.17. The second-order valence-corrected chi connectivity index (χ2v) is 9.45. The van der Waals surface area contributed by atoms with E-state index < -0.39 is 0 Å². The number of carbonyl (C=O) groups excluding carboxylic acids is 1. The average molecular weight is 505 g/mol. The van der Waals surface area contributed by atoms with Crippen molar-refractivity contribution in [3.05, 3.63) is 56.2 Å². The second-order valence-electron chi connectivity index (χ2n) is 8.29. The highest BCUT2D eigenvalue weighted by Crippen LogP contribution is 2.43. The summed E-state index contributed by atoms with van der Waals surface area (Å²) < 4.78 is 6.24. The first-order valence-corrected chi connectivity index (χ1v) is 10.8. The standard InChI is InChI=1S/C23H28IN3O2/c1-14-9-20-18(15(2)12-23(3,4)27(20)5)10-17(14)13-25-26-22(28)16-7-8-19(24)21(11-16)29-6/h7-11,13,15H,12H2,1-6H3,(H,26,28)/b25-13-. The molecule has 0 bridgehead atoms. The molecule has 0 spiro atoms. The monoisotopic (exact) mass is 505 g/mol. The van der Waals surface area contributed by atoms with Crippen LogP contribution in [0, 0.1) is 10.5 Å². The van der Waals surface area contributed by atoms with Gasteiger partial charge in [0, 0.05) is 23.8 Å². The quantitative estimate of drug-likeness (QED) is 0.358. The van der Waals surface area contributed by atoms with E-state index in [-0.39, 0.29) is 11.4 Å². The van der Waals surface area contributed by atoms with Gasteiger partial charge in [-0.15, -0.1) is 0 Å². The van der Waals surface area contributed by atoms with E-state index in [9.17, 15) is 4.79 Å². The van der Waals surface area contributed by atoms with Crippen LogP contribution in [0.15, 0.2) is 35.4 Å². The van der Waals surface area contributed by atoms with Gasteiger partial charge in [0.05, 0.1) is 16.9 Å². The normalized spacial score (nSPS) is 17.9. The molecule has 0 radical (unpaired) electrons. The Bertz CT molecular complexity index is 969. The lowest BCUT2D eigenvalue weighted by molar-refractivity contribution is 0.0954. The van der Waals surface area contributed by atoms with Crippen LogP contribution in [0.5, 0.6) is 5.75 Å². The zero-order chi connectivity index (χ0) is 21.3. The van der Waals surface area contributed by atoms with Crippen molar-refractivity contribution in [1.82, 2.24) is 5.43 Å². The number of rotatable bonds is 4. The van der Waals surface area contributed by atoms with Crippen LogP contribution < -0.4 is 15.1 Å². The lowest BCUT2D eigenvalue weighted by Crippen LogP contribution is -2.45. The topological polar surface area (TPSA) is 53.9 Å². The van der Waals surface area contributed by atoms with Crippen LogP contribution in [0.25, 0.3) is 0 Å². The van der Waals surface area contributed by atoms with Crippen LogP contribution in [-0.4, -0.2) is 31.8 Å². The molecule has 2 aromatic rings. The van der Waals surface area contributed by atoms with Gasteiger partial charge in [0.1, 0.15) is 5.75 Å². The molecule has 1 aliphatic heterocycles. The van der Waals surface area contributed by atoms with Gasteiger partial charge in [-0.25, -0.2) is 5.43 Å². The van der Waals surface area contributed by atoms with Gasteiger partial charge >= 0.3 is 0 Å². The molecule has 1 aliphatic rings. The van der Waals surface area contributed by atoms with Gasteiger partial charge < -0.3 is 9.64 Å². The van der Waals surface area contributed by atoms with Crippen molar-refractivity contribution in [2.24, 2.45) is 5.10 Å². The van der Waals surface area contributed by atoms with E-state index in [0.717, 1.165) is 21.1 Å². The summed E-state index contributed by atoms with van der Waals surface area (Å²) in [6, 6.07) is 9.75. The molecule has 154 valence electrons. The Kier molecular flexibility index (Phi) is 6.22. The molecule has 0 aromatic heterocycles. The van der Waals surface area contributed by atoms with E-state index in [0.29, 0.717) is 17.2 Å². The Labute approximate surface area is 186 Å². The van der Waals surface area contributed by atoms with Crippen LogP contribution in [0.4, 0.5) is 5.69 Å². The van der Waals surface area contributed by atoms with Gasteiger partial charge in [-0.3, -0.25) is 4.79 Å². The van der Waals surface area contributed by atoms with E-state index in [1.165, 1.54) is 11.3 Å². The summed E-state index contributed by atoms with van der Waals surface area (Å²) in [5.41, 5.74) is 8.02. The number of hydrogen-bond donors (Lipinski definition) is 1. The number of hydrogen-bond acceptors (Lipinski definition) is 4. The Morgan fingerprint density at radius 3 is 2.76 bits per heavy atom. The molecule has 6 heteroatoms. The van der Waals surface area contributed by atoms with Gasteiger partial charge in [-0.05, 0) is 103 Å². The van der Waals surface area contributed by atoms with Crippen molar-refractivity contribution in [3.63, 3.8) is 0 Å². The fourth-order valence-corrected chi connectivity index (χ4v) is 4.46. The summed E-state index contributed by atoms with van der Waals surface area (Å²) in [5, 5.41) is 4.20. The lowest BCUT2D eigenvalue weighted by Gasteiger charge is -2.45. The minimum Gasteiger partial charge on any atom is -0.496 e. The first-order valence-electron chi connectivity index (χ1n) is 9.69. The molecule has 0 saturated heterocycles. The zero-order valence-electron chi connectivity index (χ0n) is 17.8. The number of anilines is 1. The molecule has 5 nitrogen and oxygen atoms in total. The number of benzene rings is 2. The van der Waals surface area contributed by atoms with Crippen molar-refractivity contribution >= 4 is 40.4 Å². The van der Waals surface area contributed by atoms with Crippen molar-refractivity contribution in [1.29, 1.82) is 0 Å². The van der Waals surface area contributed by atoms with E-state index in [1.54, 1.807) is 25.5 Å². The molecule has 3 rings (SSSR count). The number of carbonyl (C=O) groups is 1. The molecule has 2 aromatic carbocycles. The lowest BCUT2D eigenvalue weighted by atomic mass is 9.79. The molecular weight excluding hydrogens is 477 g/mol. The summed E-state index contributed by atoms with van der Waals surface area (Å²) in [4.78, 5) is 14.8. The number of halogens is 1. The zero-order valence-corrected chi connectivity index (χ0v) is 20.0. The number of aryl methyl sites for hydroxylation is 1. The van der Waals surface area contributed by atoms with Crippen molar-refractivity contribution in [2.75, 3.05) is 19.1 Å². The summed E-state index contributed by atoms with van der Waals surface area (Å²) in [6.07, 6.45) is 2.82. The molecular formula is C23H28IN3O2. The summed E-state index contributed by atoms with van der Waals surface area (Å²) in [6.45, 7) is 8.92. The number of ether oxygens (including phenoxy) is 1. The highest BCUT2D eigenvalue weighted by molar-refractivity contribution is 14.1. The Hall–Kier alpha value is -2.09. The number of nitrogens with zero attached hydrogens (tertiary/aromatic N) is 2. The van der Waals surface area contributed by atoms with Gasteiger partial charge in [-0.1, -0.05) is 6.92 Å². The Morgan fingerprint density at radius 1 is 1.34 bits per heavy atom. The van der Waals surface area contributed by atoms with E-state index in [4.69, 9.17) is 4.74 Å². The predicted molar refractivity (Wildman–Crippen MR) is 127 cm³/mol. The number of fused-ring (bicyclic) bond motifs is 1. The molecule has 1 N–H and O–H groups in total. The second kappa shape index (κ2) is 8.34. The Morgan fingerprint density at radius 2 is 2.07 bits per heavy atom. The maximum atomic E-state index is 12.4. The fourth-order valence-electron chi connectivity index (χ4n) is 3.90. The van der Waals surface area contributed by atoms with Crippen LogP contribution >= 0.6 is 22.6 Å². The Balaban J connectivity index is 1.80. The highest BCUT2D eigenvalue weighted by atomic mass is 127. The van der Waals surface area contributed by atoms with Gasteiger partial charge in [0.2, 0.25) is 0 Å². The molecule has 1 amide bonds. The van der Waals surface area contributed by atoms with E-state index in [1.807, 2.05) is 6.07 Å². The smallest absolute Gasteiger partial charge is 0.271 e. The molecule has 1 unspecified atom stereocenters. The molecule has 0 saturated carbocycles. The van der Waals surface area contributed by atoms with Gasteiger partial charge in [-0.2, -0.15) is 5.10 Å². The predicted octanol–water partition coefficient (Wildman–Crippen LogP) is 5.09. The first-order chi connectivity index (χ1) is 13.6. The number of nitrogens with one attached hydrogen (secondary N) is 1. The van der Waals surface area contributed by atoms with Crippen molar-refractivity contribution in [3.8, 4) is 5.75 Å². The van der Waals surface area contributed by atoms with Crippen molar-refractivity contribution < 1.29 is 9.53 Å². The van der Waals surface area contributed by atoms with Crippen LogP contribution in [0.3, 0.4) is 0 Å². The molecule has 0 aliphatic carbocycles. The third-order valence-electron chi connectivity index (χ3n) is 5.80. The minimum atomic E-state index is -0.263. The SMILES string of the molecule is COc1cc(C(=O)N/N=C\c2cc3c(cc2C)N(C)C(C)(C)CC3C)ccc1I. The molecule has 1 atom stereocenters. The average Bonchev–Trinajstić information content (AvgIpc) is 2.67. The van der Waals surface area contributed by atoms with Crippen LogP contribution in [-0.2, 0) is 0 Å². The molecule has 0 fully saturated rings. The minimum absolute atomic E-state index is 0.136. The van der Waals surface area contributed by atoms with Gasteiger partial charge in [0.25, 0.3) is 5.91 Å². The highest BCUT2D eigenvalue weighted by Gasteiger charge is 2.34. The first kappa shape index (κ1) is 21.6. The largest absolute Gasteiger partial charge is 0.496 e. The third-order valence-corrected chi connectivity index (χ3v) is 6.70. The number of amides is 1. The fraction of sp³-hybridized carbons (Fsp3) is 0.391. The number of hydrazone groups is 1. The van der Waals surface area contributed by atoms with Crippen LogP contribution in [0.1, 0.15) is 60.2 Å². The summed E-state index contributed by atoms with van der Waals surface area (Å²) in [5.74, 6) is 0.882. The van der Waals surface area contributed by atoms with E-state index >= 15 is 0 Å². The summed E-state index contributed by atoms with van der Waals surface area (Å²) in [7, 11) is 3.75. The van der Waals surface area contributed by atoms with Crippen molar-refractivity contribution in [2.45, 2.75) is 45.6 Å². The number of methoxy groups -OCH3 is 1. The maximum Gasteiger partial charge on any atom is 0.271 e. The molecule has 29 heavy (non-hydrogen) atoms.